The molecule has 0 atom stereocenters. The van der Waals surface area contributed by atoms with E-state index in [1.165, 1.54) is 16.3 Å². The Morgan fingerprint density at radius 3 is 2.50 bits per heavy atom. The molecule has 84 valence electrons. The summed E-state index contributed by atoms with van der Waals surface area (Å²) in [5.41, 5.74) is 1.37. The van der Waals surface area contributed by atoms with Gasteiger partial charge in [-0.3, -0.25) is 0 Å². The Bertz CT molecular complexity index is 479. The van der Waals surface area contributed by atoms with Gasteiger partial charge in [0.2, 0.25) is 0 Å². The van der Waals surface area contributed by atoms with E-state index in [-0.39, 0.29) is 6.61 Å². The second-order valence-electron chi connectivity index (χ2n) is 3.93. The van der Waals surface area contributed by atoms with E-state index in [2.05, 4.69) is 52.3 Å². The minimum atomic E-state index is 0.286. The molecule has 2 rings (SSSR count). The van der Waals surface area contributed by atoms with Crippen molar-refractivity contribution >= 4 is 26.7 Å². The highest BCUT2D eigenvalue weighted by Crippen LogP contribution is 2.27. The molecule has 0 aliphatic carbocycles. The van der Waals surface area contributed by atoms with E-state index in [0.29, 0.717) is 0 Å². The molecule has 0 saturated heterocycles. The summed E-state index contributed by atoms with van der Waals surface area (Å²) in [6.45, 7) is 0.286. The van der Waals surface area contributed by atoms with Crippen LogP contribution in [-0.2, 0) is 6.42 Å². The molecule has 0 aromatic heterocycles. The second-order valence-corrected chi connectivity index (χ2v) is 4.79. The molecule has 0 bridgehead atoms. The molecule has 0 radical (unpaired) electrons. The van der Waals surface area contributed by atoms with Crippen molar-refractivity contribution in [2.24, 2.45) is 0 Å². The normalized spacial score (nSPS) is 10.9. The number of aliphatic hydroxyl groups excluding tert-OH is 1. The van der Waals surface area contributed by atoms with Crippen LogP contribution in [0.3, 0.4) is 0 Å². The van der Waals surface area contributed by atoms with Crippen LogP contribution in [0.15, 0.2) is 40.9 Å². The van der Waals surface area contributed by atoms with Gasteiger partial charge in [0.25, 0.3) is 0 Å². The minimum absolute atomic E-state index is 0.286. The fraction of sp³-hybridized carbons (Fsp3) is 0.286. The number of aryl methyl sites for hydroxylation is 1. The van der Waals surface area contributed by atoms with Crippen molar-refractivity contribution in [1.82, 2.24) is 0 Å². The van der Waals surface area contributed by atoms with Gasteiger partial charge in [0.15, 0.2) is 0 Å². The van der Waals surface area contributed by atoms with Crippen LogP contribution in [0.2, 0.25) is 0 Å². The molecule has 0 spiro atoms. The summed E-state index contributed by atoms with van der Waals surface area (Å²) in [4.78, 5) is 0. The van der Waals surface area contributed by atoms with Crippen LogP contribution >= 0.6 is 15.9 Å². The monoisotopic (exact) mass is 278 g/mol. The number of fused-ring (bicyclic) bond motifs is 1. The van der Waals surface area contributed by atoms with Gasteiger partial charge in [0.1, 0.15) is 0 Å². The first-order valence-corrected chi connectivity index (χ1v) is 6.39. The van der Waals surface area contributed by atoms with Gasteiger partial charge in [-0.25, -0.2) is 0 Å². The first kappa shape index (κ1) is 11.6. The van der Waals surface area contributed by atoms with Gasteiger partial charge in [0, 0.05) is 11.1 Å². The van der Waals surface area contributed by atoms with Gasteiger partial charge < -0.3 is 5.11 Å². The first-order chi connectivity index (χ1) is 7.83. The van der Waals surface area contributed by atoms with Crippen molar-refractivity contribution in [2.45, 2.75) is 19.3 Å². The zero-order valence-corrected chi connectivity index (χ0v) is 10.7. The standard InChI is InChI=1S/C14H15BrO/c15-14-9-4-7-12-11(5-1-2-10-16)6-3-8-13(12)14/h3-4,6-9,16H,1-2,5,10H2. The molecule has 0 saturated carbocycles. The third-order valence-corrected chi connectivity index (χ3v) is 3.50. The predicted octanol–water partition coefficient (Wildman–Crippen LogP) is 3.92. The molecule has 0 aliphatic rings. The Labute approximate surface area is 104 Å². The van der Waals surface area contributed by atoms with Gasteiger partial charge >= 0.3 is 0 Å². The third kappa shape index (κ3) is 2.45. The Hall–Kier alpha value is -0.860. The van der Waals surface area contributed by atoms with Gasteiger partial charge in [0.05, 0.1) is 0 Å². The van der Waals surface area contributed by atoms with Crippen LogP contribution in [0.25, 0.3) is 10.8 Å². The van der Waals surface area contributed by atoms with Crippen molar-refractivity contribution in [2.75, 3.05) is 6.61 Å². The maximum absolute atomic E-state index is 8.79. The van der Waals surface area contributed by atoms with E-state index < -0.39 is 0 Å². The quantitative estimate of drug-likeness (QED) is 0.841. The molecule has 0 unspecified atom stereocenters. The van der Waals surface area contributed by atoms with Crippen molar-refractivity contribution in [3.8, 4) is 0 Å². The van der Waals surface area contributed by atoms with Crippen molar-refractivity contribution in [1.29, 1.82) is 0 Å². The molecular weight excluding hydrogens is 264 g/mol. The lowest BCUT2D eigenvalue weighted by Gasteiger charge is -2.07. The van der Waals surface area contributed by atoms with Crippen molar-refractivity contribution < 1.29 is 5.11 Å². The molecule has 1 N–H and O–H groups in total. The summed E-state index contributed by atoms with van der Waals surface area (Å²) in [6, 6.07) is 12.7. The first-order valence-electron chi connectivity index (χ1n) is 5.60. The molecule has 2 aromatic rings. The maximum Gasteiger partial charge on any atom is 0.0431 e. The van der Waals surface area contributed by atoms with E-state index in [1.54, 1.807) is 0 Å². The van der Waals surface area contributed by atoms with Gasteiger partial charge in [-0.1, -0.05) is 46.3 Å². The van der Waals surface area contributed by atoms with Crippen LogP contribution in [0.1, 0.15) is 18.4 Å². The van der Waals surface area contributed by atoms with E-state index in [0.717, 1.165) is 23.7 Å². The van der Waals surface area contributed by atoms with E-state index in [1.807, 2.05) is 0 Å². The fourth-order valence-electron chi connectivity index (χ4n) is 1.98. The third-order valence-electron chi connectivity index (χ3n) is 2.81. The molecule has 0 amide bonds. The molecule has 0 heterocycles. The Kier molecular flexibility index (Phi) is 3.97. The highest BCUT2D eigenvalue weighted by Gasteiger charge is 2.02. The second kappa shape index (κ2) is 5.46. The largest absolute Gasteiger partial charge is 0.396 e. The van der Waals surface area contributed by atoms with Crippen LogP contribution in [-0.4, -0.2) is 11.7 Å². The zero-order valence-electron chi connectivity index (χ0n) is 9.12. The molecular formula is C14H15BrO. The average Bonchev–Trinajstić information content (AvgIpc) is 2.31. The SMILES string of the molecule is OCCCCc1cccc2c(Br)cccc12. The molecule has 1 nitrogen and oxygen atoms in total. The number of aliphatic hydroxyl groups is 1. The summed E-state index contributed by atoms with van der Waals surface area (Å²) < 4.78 is 1.15. The number of unbranched alkanes of at least 4 members (excludes halogenated alkanes) is 1. The number of hydrogen-bond acceptors (Lipinski definition) is 1. The zero-order chi connectivity index (χ0) is 11.4. The number of benzene rings is 2. The smallest absolute Gasteiger partial charge is 0.0431 e. The Balaban J connectivity index is 2.34. The van der Waals surface area contributed by atoms with Crippen molar-refractivity contribution in [3.63, 3.8) is 0 Å². The maximum atomic E-state index is 8.79. The summed E-state index contributed by atoms with van der Waals surface area (Å²) in [6.07, 6.45) is 2.96. The topological polar surface area (TPSA) is 20.2 Å². The minimum Gasteiger partial charge on any atom is -0.396 e. The number of hydrogen-bond donors (Lipinski definition) is 1. The highest BCUT2D eigenvalue weighted by molar-refractivity contribution is 9.10. The molecule has 16 heavy (non-hydrogen) atoms. The van der Waals surface area contributed by atoms with Gasteiger partial charge in [-0.05, 0) is 41.7 Å². The molecule has 2 aromatic carbocycles. The Morgan fingerprint density at radius 1 is 0.938 bits per heavy atom. The predicted molar refractivity (Wildman–Crippen MR) is 71.7 cm³/mol. The molecule has 0 fully saturated rings. The van der Waals surface area contributed by atoms with Gasteiger partial charge in [-0.15, -0.1) is 0 Å². The van der Waals surface area contributed by atoms with E-state index in [4.69, 9.17) is 5.11 Å². The lowest BCUT2D eigenvalue weighted by Crippen LogP contribution is -1.90. The lowest BCUT2D eigenvalue weighted by molar-refractivity contribution is 0.284. The molecule has 2 heteroatoms. The van der Waals surface area contributed by atoms with E-state index >= 15 is 0 Å². The van der Waals surface area contributed by atoms with Gasteiger partial charge in [-0.2, -0.15) is 0 Å². The van der Waals surface area contributed by atoms with E-state index in [9.17, 15) is 0 Å². The van der Waals surface area contributed by atoms with Crippen LogP contribution in [0.4, 0.5) is 0 Å². The van der Waals surface area contributed by atoms with Crippen molar-refractivity contribution in [3.05, 3.63) is 46.4 Å². The lowest BCUT2D eigenvalue weighted by atomic mass is 10.0. The summed E-state index contributed by atoms with van der Waals surface area (Å²) in [7, 11) is 0. The highest BCUT2D eigenvalue weighted by atomic mass is 79.9. The van der Waals surface area contributed by atoms with Crippen LogP contribution in [0, 0.1) is 0 Å². The summed E-state index contributed by atoms with van der Waals surface area (Å²) >= 11 is 3.57. The fourth-order valence-corrected chi connectivity index (χ4v) is 2.48. The van der Waals surface area contributed by atoms with Crippen LogP contribution in [0.5, 0.6) is 0 Å². The average molecular weight is 279 g/mol. The summed E-state index contributed by atoms with van der Waals surface area (Å²) in [5.74, 6) is 0. The number of halogens is 1. The van der Waals surface area contributed by atoms with Crippen LogP contribution < -0.4 is 0 Å². The number of rotatable bonds is 4. The summed E-state index contributed by atoms with van der Waals surface area (Å²) in [5, 5.41) is 11.4. The Morgan fingerprint density at radius 2 is 1.69 bits per heavy atom. The molecule has 0 aliphatic heterocycles.